The van der Waals surface area contributed by atoms with E-state index in [0.717, 1.165) is 25.9 Å². The van der Waals surface area contributed by atoms with Crippen LogP contribution >= 0.6 is 0 Å². The molecule has 2 atom stereocenters. The number of carbonyl (C=O) groups excluding carboxylic acids is 1. The number of hydrogen-bond donors (Lipinski definition) is 1. The van der Waals surface area contributed by atoms with Crippen molar-refractivity contribution in [3.8, 4) is 0 Å². The monoisotopic (exact) mass is 272 g/mol. The van der Waals surface area contributed by atoms with Gasteiger partial charge in [-0.05, 0) is 49.8 Å². The molecular formula is C17H24N2O. The molecule has 3 heteroatoms. The highest BCUT2D eigenvalue weighted by atomic mass is 16.2. The normalized spacial score (nSPS) is 25.2. The predicted molar refractivity (Wildman–Crippen MR) is 80.5 cm³/mol. The molecule has 1 aromatic rings. The van der Waals surface area contributed by atoms with E-state index in [9.17, 15) is 4.79 Å². The van der Waals surface area contributed by atoms with Crippen molar-refractivity contribution in [2.75, 3.05) is 13.1 Å². The van der Waals surface area contributed by atoms with Crippen molar-refractivity contribution in [3.05, 3.63) is 35.4 Å². The summed E-state index contributed by atoms with van der Waals surface area (Å²) >= 11 is 0. The van der Waals surface area contributed by atoms with E-state index in [1.807, 2.05) is 0 Å². The van der Waals surface area contributed by atoms with Crippen LogP contribution < -0.4 is 5.32 Å². The van der Waals surface area contributed by atoms with Crippen LogP contribution in [-0.2, 0) is 11.2 Å². The standard InChI is InChI=1S/C17H24N2O/c1-13(20)19(12-15-8-5-11-18-15)17-10-4-7-14-6-2-3-9-16(14)17/h2-3,6,9,15,17-18H,4-5,7-8,10-12H2,1H3. The van der Waals surface area contributed by atoms with E-state index in [1.165, 1.54) is 30.4 Å². The van der Waals surface area contributed by atoms with Crippen LogP contribution in [-0.4, -0.2) is 29.9 Å². The molecule has 108 valence electrons. The summed E-state index contributed by atoms with van der Waals surface area (Å²) in [6.45, 7) is 3.66. The molecule has 0 aromatic heterocycles. The smallest absolute Gasteiger partial charge is 0.220 e. The van der Waals surface area contributed by atoms with Gasteiger partial charge in [-0.2, -0.15) is 0 Å². The molecule has 1 aliphatic heterocycles. The van der Waals surface area contributed by atoms with Crippen molar-refractivity contribution in [2.45, 2.75) is 51.1 Å². The van der Waals surface area contributed by atoms with Gasteiger partial charge in [0.1, 0.15) is 0 Å². The first-order chi connectivity index (χ1) is 9.75. The molecule has 1 heterocycles. The maximum absolute atomic E-state index is 12.1. The fourth-order valence-electron chi connectivity index (χ4n) is 3.68. The lowest BCUT2D eigenvalue weighted by atomic mass is 9.86. The molecular weight excluding hydrogens is 248 g/mol. The van der Waals surface area contributed by atoms with Crippen molar-refractivity contribution in [3.63, 3.8) is 0 Å². The highest BCUT2D eigenvalue weighted by Gasteiger charge is 2.29. The van der Waals surface area contributed by atoms with Crippen LogP contribution in [0.1, 0.15) is 49.8 Å². The van der Waals surface area contributed by atoms with Crippen LogP contribution in [0.3, 0.4) is 0 Å². The summed E-state index contributed by atoms with van der Waals surface area (Å²) in [5, 5.41) is 3.51. The molecule has 1 aromatic carbocycles. The summed E-state index contributed by atoms with van der Waals surface area (Å²) in [7, 11) is 0. The summed E-state index contributed by atoms with van der Waals surface area (Å²) in [4.78, 5) is 14.2. The van der Waals surface area contributed by atoms with Crippen LogP contribution in [0.4, 0.5) is 0 Å². The van der Waals surface area contributed by atoms with E-state index in [4.69, 9.17) is 0 Å². The minimum absolute atomic E-state index is 0.209. The zero-order chi connectivity index (χ0) is 13.9. The summed E-state index contributed by atoms with van der Waals surface area (Å²) < 4.78 is 0. The van der Waals surface area contributed by atoms with E-state index in [-0.39, 0.29) is 11.9 Å². The Bertz CT molecular complexity index is 480. The molecule has 0 saturated carbocycles. The van der Waals surface area contributed by atoms with Gasteiger partial charge in [0.2, 0.25) is 5.91 Å². The second-order valence-corrected chi connectivity index (χ2v) is 6.07. The number of nitrogens with zero attached hydrogens (tertiary/aromatic N) is 1. The van der Waals surface area contributed by atoms with Gasteiger partial charge in [-0.3, -0.25) is 4.79 Å². The van der Waals surface area contributed by atoms with E-state index in [0.29, 0.717) is 6.04 Å². The van der Waals surface area contributed by atoms with Crippen molar-refractivity contribution in [1.82, 2.24) is 10.2 Å². The molecule has 2 unspecified atom stereocenters. The Morgan fingerprint density at radius 3 is 2.90 bits per heavy atom. The SMILES string of the molecule is CC(=O)N(CC1CCCN1)C1CCCc2ccccc21. The lowest BCUT2D eigenvalue weighted by Crippen LogP contribution is -2.43. The lowest BCUT2D eigenvalue weighted by Gasteiger charge is -2.37. The third kappa shape index (κ3) is 2.73. The Morgan fingerprint density at radius 2 is 2.15 bits per heavy atom. The van der Waals surface area contributed by atoms with Gasteiger partial charge >= 0.3 is 0 Å². The molecule has 1 amide bonds. The van der Waals surface area contributed by atoms with Crippen molar-refractivity contribution in [1.29, 1.82) is 0 Å². The van der Waals surface area contributed by atoms with E-state index >= 15 is 0 Å². The molecule has 0 spiro atoms. The Hall–Kier alpha value is -1.35. The van der Waals surface area contributed by atoms with E-state index in [1.54, 1.807) is 6.92 Å². The number of aryl methyl sites for hydroxylation is 1. The van der Waals surface area contributed by atoms with Crippen molar-refractivity contribution < 1.29 is 4.79 Å². The average molecular weight is 272 g/mol. The van der Waals surface area contributed by atoms with E-state index in [2.05, 4.69) is 34.5 Å². The van der Waals surface area contributed by atoms with Gasteiger partial charge in [0.05, 0.1) is 6.04 Å². The highest BCUT2D eigenvalue weighted by molar-refractivity contribution is 5.74. The largest absolute Gasteiger partial charge is 0.334 e. The first kappa shape index (κ1) is 13.6. The van der Waals surface area contributed by atoms with Crippen LogP contribution in [0.15, 0.2) is 24.3 Å². The van der Waals surface area contributed by atoms with Crippen LogP contribution in [0.2, 0.25) is 0 Å². The second kappa shape index (κ2) is 5.96. The third-order valence-electron chi connectivity index (χ3n) is 4.70. The fourth-order valence-corrected chi connectivity index (χ4v) is 3.68. The average Bonchev–Trinajstić information content (AvgIpc) is 2.97. The minimum atomic E-state index is 0.209. The quantitative estimate of drug-likeness (QED) is 0.917. The fraction of sp³-hybridized carbons (Fsp3) is 0.588. The number of hydrogen-bond acceptors (Lipinski definition) is 2. The molecule has 2 aliphatic rings. The van der Waals surface area contributed by atoms with Crippen molar-refractivity contribution >= 4 is 5.91 Å². The number of carbonyl (C=O) groups is 1. The van der Waals surface area contributed by atoms with E-state index < -0.39 is 0 Å². The predicted octanol–water partition coefficient (Wildman–Crippen LogP) is 2.66. The van der Waals surface area contributed by atoms with Crippen LogP contribution in [0.5, 0.6) is 0 Å². The van der Waals surface area contributed by atoms with Gasteiger partial charge in [0.15, 0.2) is 0 Å². The molecule has 3 rings (SSSR count). The Morgan fingerprint density at radius 1 is 1.30 bits per heavy atom. The lowest BCUT2D eigenvalue weighted by molar-refractivity contribution is -0.132. The zero-order valence-corrected chi connectivity index (χ0v) is 12.3. The minimum Gasteiger partial charge on any atom is -0.334 e. The Labute approximate surface area is 121 Å². The van der Waals surface area contributed by atoms with Crippen LogP contribution in [0, 0.1) is 0 Å². The van der Waals surface area contributed by atoms with Gasteiger partial charge in [-0.25, -0.2) is 0 Å². The zero-order valence-electron chi connectivity index (χ0n) is 12.3. The van der Waals surface area contributed by atoms with Gasteiger partial charge < -0.3 is 10.2 Å². The van der Waals surface area contributed by atoms with Gasteiger partial charge in [0.25, 0.3) is 0 Å². The summed E-state index contributed by atoms with van der Waals surface area (Å²) in [6.07, 6.45) is 5.86. The topological polar surface area (TPSA) is 32.3 Å². The summed E-state index contributed by atoms with van der Waals surface area (Å²) in [6, 6.07) is 9.39. The molecule has 3 nitrogen and oxygen atoms in total. The number of benzene rings is 1. The third-order valence-corrected chi connectivity index (χ3v) is 4.70. The first-order valence-corrected chi connectivity index (χ1v) is 7.84. The molecule has 1 saturated heterocycles. The molecule has 0 bridgehead atoms. The number of rotatable bonds is 3. The second-order valence-electron chi connectivity index (χ2n) is 6.07. The van der Waals surface area contributed by atoms with Gasteiger partial charge in [-0.15, -0.1) is 0 Å². The van der Waals surface area contributed by atoms with Crippen molar-refractivity contribution in [2.24, 2.45) is 0 Å². The Kier molecular flexibility index (Phi) is 4.06. The molecule has 1 N–H and O–H groups in total. The summed E-state index contributed by atoms with van der Waals surface area (Å²) in [5.74, 6) is 0.209. The number of fused-ring (bicyclic) bond motifs is 1. The Balaban J connectivity index is 1.82. The maximum Gasteiger partial charge on any atom is 0.220 e. The van der Waals surface area contributed by atoms with Gasteiger partial charge in [-0.1, -0.05) is 24.3 Å². The molecule has 0 radical (unpaired) electrons. The van der Waals surface area contributed by atoms with Gasteiger partial charge in [0, 0.05) is 19.5 Å². The number of amides is 1. The summed E-state index contributed by atoms with van der Waals surface area (Å²) in [5.41, 5.74) is 2.79. The number of nitrogens with one attached hydrogen (secondary N) is 1. The maximum atomic E-state index is 12.1. The molecule has 1 aliphatic carbocycles. The first-order valence-electron chi connectivity index (χ1n) is 7.84. The molecule has 1 fully saturated rings. The molecule has 20 heavy (non-hydrogen) atoms. The highest BCUT2D eigenvalue weighted by Crippen LogP contribution is 2.34. The van der Waals surface area contributed by atoms with Crippen LogP contribution in [0.25, 0.3) is 0 Å².